The highest BCUT2D eigenvalue weighted by Crippen LogP contribution is 2.12. The number of anilines is 2. The van der Waals surface area contributed by atoms with E-state index in [1.54, 1.807) is 0 Å². The molecule has 2 aromatic rings. The third kappa shape index (κ3) is 2.14. The summed E-state index contributed by atoms with van der Waals surface area (Å²) in [5, 5.41) is 2.92. The quantitative estimate of drug-likeness (QED) is 0.791. The van der Waals surface area contributed by atoms with Gasteiger partial charge in [0.25, 0.3) is 10.9 Å². The number of nitrogen functional groups attached to an aromatic ring is 1. The van der Waals surface area contributed by atoms with Crippen LogP contribution in [0.2, 0.25) is 0 Å². The molecular formula is C14H16N2O2. The van der Waals surface area contributed by atoms with E-state index in [9.17, 15) is 9.59 Å². The topological polar surface area (TPSA) is 72.2 Å². The van der Waals surface area contributed by atoms with E-state index in [-0.39, 0.29) is 11.4 Å². The van der Waals surface area contributed by atoms with E-state index in [4.69, 9.17) is 5.73 Å². The number of aryl methyl sites for hydroxylation is 2. The van der Waals surface area contributed by atoms with Crippen LogP contribution in [-0.4, -0.2) is 6.54 Å². The molecule has 0 saturated carbocycles. The highest BCUT2D eigenvalue weighted by molar-refractivity contribution is 5.71. The van der Waals surface area contributed by atoms with Gasteiger partial charge in [-0.15, -0.1) is 0 Å². The molecule has 18 heavy (non-hydrogen) atoms. The lowest BCUT2D eigenvalue weighted by Gasteiger charge is -2.10. The number of benzene rings is 1. The minimum absolute atomic E-state index is 0.0556. The van der Waals surface area contributed by atoms with Gasteiger partial charge in [0.2, 0.25) is 0 Å². The summed E-state index contributed by atoms with van der Waals surface area (Å²) in [7, 11) is 0. The van der Waals surface area contributed by atoms with Gasteiger partial charge in [0.1, 0.15) is 11.4 Å². The summed E-state index contributed by atoms with van der Waals surface area (Å²) in [6.45, 7) is 4.74. The van der Waals surface area contributed by atoms with Crippen molar-refractivity contribution < 1.29 is 0 Å². The van der Waals surface area contributed by atoms with Crippen molar-refractivity contribution in [1.29, 1.82) is 0 Å². The van der Waals surface area contributed by atoms with Crippen LogP contribution in [0.15, 0.2) is 27.8 Å². The first-order chi connectivity index (χ1) is 8.50. The lowest BCUT2D eigenvalue weighted by Crippen LogP contribution is -2.37. The smallest absolute Gasteiger partial charge is 0.253 e. The van der Waals surface area contributed by atoms with E-state index in [1.807, 2.05) is 0 Å². The van der Waals surface area contributed by atoms with Gasteiger partial charge >= 0.3 is 0 Å². The molecule has 0 unspecified atom stereocenters. The van der Waals surface area contributed by atoms with Gasteiger partial charge in [-0.3, -0.25) is 9.59 Å². The maximum atomic E-state index is 11.2. The van der Waals surface area contributed by atoms with Crippen LogP contribution >= 0.6 is 0 Å². The highest BCUT2D eigenvalue weighted by atomic mass is 16.2. The Morgan fingerprint density at radius 1 is 1.11 bits per heavy atom. The van der Waals surface area contributed by atoms with Gasteiger partial charge in [-0.2, -0.15) is 0 Å². The SMILES string of the molecule is Cc1ccc(CCNc2c(N)c(=O)c2=O)cc1C. The number of rotatable bonds is 4. The first kappa shape index (κ1) is 12.4. The van der Waals surface area contributed by atoms with E-state index in [1.165, 1.54) is 16.7 Å². The molecule has 0 bridgehead atoms. The number of nitrogens with one attached hydrogen (secondary N) is 1. The van der Waals surface area contributed by atoms with Crippen molar-refractivity contribution >= 4 is 11.4 Å². The zero-order chi connectivity index (χ0) is 13.3. The van der Waals surface area contributed by atoms with Crippen molar-refractivity contribution in [3.8, 4) is 0 Å². The standard InChI is InChI=1S/C14H16N2O2/c1-8-3-4-10(7-9(8)2)5-6-16-12-11(15)13(17)14(12)18/h3-4,7,16H,5-6,15H2,1-2H3. The van der Waals surface area contributed by atoms with Gasteiger partial charge in [-0.1, -0.05) is 18.2 Å². The van der Waals surface area contributed by atoms with Crippen molar-refractivity contribution in [2.45, 2.75) is 20.3 Å². The van der Waals surface area contributed by atoms with Crippen molar-refractivity contribution in [2.75, 3.05) is 17.6 Å². The van der Waals surface area contributed by atoms with Crippen molar-refractivity contribution in [3.05, 3.63) is 55.3 Å². The maximum Gasteiger partial charge on any atom is 0.253 e. The Morgan fingerprint density at radius 2 is 1.83 bits per heavy atom. The van der Waals surface area contributed by atoms with Crippen molar-refractivity contribution in [3.63, 3.8) is 0 Å². The predicted molar refractivity (Wildman–Crippen MR) is 73.9 cm³/mol. The fraction of sp³-hybridized carbons (Fsp3) is 0.286. The van der Waals surface area contributed by atoms with Crippen LogP contribution in [0.4, 0.5) is 11.4 Å². The third-order valence-corrected chi connectivity index (χ3v) is 3.23. The lowest BCUT2D eigenvalue weighted by atomic mass is 10.0. The van der Waals surface area contributed by atoms with E-state index in [0.29, 0.717) is 6.54 Å². The molecule has 2 rings (SSSR count). The first-order valence-electron chi connectivity index (χ1n) is 5.89. The molecule has 0 heterocycles. The van der Waals surface area contributed by atoms with Gasteiger partial charge < -0.3 is 11.1 Å². The Bertz CT molecular complexity index is 652. The van der Waals surface area contributed by atoms with E-state index in [2.05, 4.69) is 37.4 Å². The van der Waals surface area contributed by atoms with E-state index >= 15 is 0 Å². The summed E-state index contributed by atoms with van der Waals surface area (Å²) in [6.07, 6.45) is 0.791. The number of nitrogens with two attached hydrogens (primary N) is 1. The fourth-order valence-electron chi connectivity index (χ4n) is 1.88. The summed E-state index contributed by atoms with van der Waals surface area (Å²) in [6, 6.07) is 6.27. The molecule has 0 spiro atoms. The summed E-state index contributed by atoms with van der Waals surface area (Å²) in [5.41, 5.74) is 8.37. The average Bonchev–Trinajstić information content (AvgIpc) is 2.37. The second kappa shape index (κ2) is 4.64. The Balaban J connectivity index is 1.95. The molecule has 0 aliphatic carbocycles. The second-order valence-electron chi connectivity index (χ2n) is 4.54. The Morgan fingerprint density at radius 3 is 2.44 bits per heavy atom. The van der Waals surface area contributed by atoms with E-state index in [0.717, 1.165) is 6.42 Å². The van der Waals surface area contributed by atoms with Gasteiger partial charge in [-0.05, 0) is 37.0 Å². The molecule has 0 aliphatic heterocycles. The van der Waals surface area contributed by atoms with Crippen LogP contribution in [-0.2, 0) is 6.42 Å². The summed E-state index contributed by atoms with van der Waals surface area (Å²) in [5.74, 6) is 0. The molecule has 0 amide bonds. The average molecular weight is 244 g/mol. The van der Waals surface area contributed by atoms with Gasteiger partial charge in [-0.25, -0.2) is 0 Å². The molecule has 0 radical (unpaired) electrons. The monoisotopic (exact) mass is 244 g/mol. The fourth-order valence-corrected chi connectivity index (χ4v) is 1.88. The zero-order valence-corrected chi connectivity index (χ0v) is 10.5. The van der Waals surface area contributed by atoms with Crippen LogP contribution in [0.3, 0.4) is 0 Å². The number of hydrogen-bond acceptors (Lipinski definition) is 4. The lowest BCUT2D eigenvalue weighted by molar-refractivity contribution is 1.01. The molecule has 3 N–H and O–H groups in total. The minimum atomic E-state index is -0.580. The van der Waals surface area contributed by atoms with Crippen LogP contribution in [0, 0.1) is 13.8 Å². The Labute approximate surface area is 105 Å². The zero-order valence-electron chi connectivity index (χ0n) is 10.5. The third-order valence-electron chi connectivity index (χ3n) is 3.23. The molecule has 0 aromatic heterocycles. The van der Waals surface area contributed by atoms with Crippen LogP contribution in [0.5, 0.6) is 0 Å². The molecule has 0 atom stereocenters. The molecule has 0 fully saturated rings. The molecule has 0 saturated heterocycles. The van der Waals surface area contributed by atoms with Crippen molar-refractivity contribution in [2.24, 2.45) is 0 Å². The van der Waals surface area contributed by atoms with Crippen LogP contribution in [0.1, 0.15) is 16.7 Å². The van der Waals surface area contributed by atoms with Crippen LogP contribution < -0.4 is 21.9 Å². The Hall–Kier alpha value is -2.10. The normalized spacial score (nSPS) is 10.8. The van der Waals surface area contributed by atoms with Crippen LogP contribution in [0.25, 0.3) is 0 Å². The second-order valence-corrected chi connectivity index (χ2v) is 4.54. The highest BCUT2D eigenvalue weighted by Gasteiger charge is 2.16. The maximum absolute atomic E-state index is 11.2. The Kier molecular flexibility index (Phi) is 3.19. The van der Waals surface area contributed by atoms with Gasteiger partial charge in [0.15, 0.2) is 0 Å². The van der Waals surface area contributed by atoms with Gasteiger partial charge in [0.05, 0.1) is 0 Å². The molecule has 4 nitrogen and oxygen atoms in total. The minimum Gasteiger partial charge on any atom is -0.394 e. The van der Waals surface area contributed by atoms with E-state index < -0.39 is 10.9 Å². The summed E-state index contributed by atoms with van der Waals surface area (Å²) >= 11 is 0. The summed E-state index contributed by atoms with van der Waals surface area (Å²) < 4.78 is 0. The predicted octanol–water partition coefficient (Wildman–Crippen LogP) is 1.14. The summed E-state index contributed by atoms with van der Waals surface area (Å²) in [4.78, 5) is 22.1. The molecule has 94 valence electrons. The molecular weight excluding hydrogens is 228 g/mol. The van der Waals surface area contributed by atoms with Crippen molar-refractivity contribution in [1.82, 2.24) is 0 Å². The molecule has 2 aromatic carbocycles. The largest absolute Gasteiger partial charge is 0.394 e. The van der Waals surface area contributed by atoms with Gasteiger partial charge in [0, 0.05) is 6.54 Å². The number of hydrogen-bond donors (Lipinski definition) is 2. The molecule has 4 heteroatoms. The first-order valence-corrected chi connectivity index (χ1v) is 5.89. The molecule has 0 aliphatic rings.